The number of hydrogen-bond donors (Lipinski definition) is 0. The van der Waals surface area contributed by atoms with E-state index in [4.69, 9.17) is 21.0 Å². The molecule has 0 heterocycles. The van der Waals surface area contributed by atoms with Gasteiger partial charge in [0.1, 0.15) is 0 Å². The highest BCUT2D eigenvalue weighted by Gasteiger charge is 0.519. The van der Waals surface area contributed by atoms with Crippen molar-refractivity contribution in [2.45, 2.75) is 0 Å². The van der Waals surface area contributed by atoms with Crippen LogP contribution in [0.4, 0.5) is 0 Å². The molecule has 0 N–H and O–H groups in total. The molecule has 0 amide bonds. The van der Waals surface area contributed by atoms with Crippen LogP contribution < -0.4 is 0 Å². The summed E-state index contributed by atoms with van der Waals surface area (Å²) in [4.78, 5) is 0. The van der Waals surface area contributed by atoms with E-state index in [1.165, 1.54) is 0 Å². The second-order valence-electron chi connectivity index (χ2n) is 0. The Morgan fingerprint density at radius 2 is 0.375 bits per heavy atom. The van der Waals surface area contributed by atoms with Gasteiger partial charge in [-0.15, -0.1) is 0 Å². The van der Waals surface area contributed by atoms with Gasteiger partial charge in [0.15, 0.2) is 0 Å². The van der Waals surface area contributed by atoms with Crippen LogP contribution in [-0.2, 0) is 0 Å². The number of hydrogen-bond acceptors (Lipinski definition) is 4. The maximum absolute atomic E-state index is 6.50. The SMILES string of the molecule is C#N.C#N.C#N.C#N. The van der Waals surface area contributed by atoms with Crippen LogP contribution in [0.2, 0.25) is 0 Å². The van der Waals surface area contributed by atoms with Crippen LogP contribution in [-0.4, -0.2) is 0 Å². The van der Waals surface area contributed by atoms with Gasteiger partial charge in [-0.2, -0.15) is 0 Å². The van der Waals surface area contributed by atoms with Gasteiger partial charge in [-0.1, -0.05) is 0 Å². The zero-order valence-corrected chi connectivity index (χ0v) is 4.10. The van der Waals surface area contributed by atoms with Crippen LogP contribution in [0.15, 0.2) is 0 Å². The maximum atomic E-state index is 6.50. The van der Waals surface area contributed by atoms with Crippen molar-refractivity contribution in [1.29, 1.82) is 21.0 Å². The smallest absolute Gasteiger partial charge is 0.0462 e. The zero-order valence-electron chi connectivity index (χ0n) is 4.10. The van der Waals surface area contributed by atoms with Crippen molar-refractivity contribution < 1.29 is 0 Å². The van der Waals surface area contributed by atoms with E-state index in [-0.39, 0.29) is 0 Å². The van der Waals surface area contributed by atoms with Crippen molar-refractivity contribution in [1.82, 2.24) is 0 Å². The summed E-state index contributed by atoms with van der Waals surface area (Å²) in [5, 5.41) is 26.0. The summed E-state index contributed by atoms with van der Waals surface area (Å²) in [6, 6.07) is 0. The Labute approximate surface area is 48.4 Å². The number of nitrogens with zero attached hydrogens (tertiary/aromatic N) is 4. The van der Waals surface area contributed by atoms with E-state index in [0.717, 1.165) is 0 Å². The molecule has 0 aromatic carbocycles. The van der Waals surface area contributed by atoms with Gasteiger partial charge in [-0.05, 0) is 0 Å². The highest BCUT2D eigenvalue weighted by atomic mass is 14.2. The first-order valence-electron chi connectivity index (χ1n) is 1.03. The molecule has 0 saturated carbocycles. The van der Waals surface area contributed by atoms with Gasteiger partial charge in [-0.25, -0.2) is 21.0 Å². The van der Waals surface area contributed by atoms with Crippen molar-refractivity contribution >= 4 is 0 Å². The Hall–Kier alpha value is -2.04. The van der Waals surface area contributed by atoms with E-state index >= 15 is 0 Å². The van der Waals surface area contributed by atoms with Crippen LogP contribution in [0.1, 0.15) is 0 Å². The number of nitriles is 4. The molecule has 40 valence electrons. The van der Waals surface area contributed by atoms with Crippen molar-refractivity contribution in [2.75, 3.05) is 0 Å². The van der Waals surface area contributed by atoms with Crippen LogP contribution in [0.3, 0.4) is 0 Å². The Morgan fingerprint density at radius 3 is 0.375 bits per heavy atom. The second kappa shape index (κ2) is 18.7. The lowest BCUT2D eigenvalue weighted by Gasteiger charge is -0.668. The number of rotatable bonds is 0. The van der Waals surface area contributed by atoms with Gasteiger partial charge < -0.3 is 0 Å². The third kappa shape index (κ3) is 8.34. The normalized spacial score (nSPS) is 1.00. The lowest BCUT2D eigenvalue weighted by Crippen LogP contribution is -0.569. The first kappa shape index (κ1) is 38.2. The van der Waals surface area contributed by atoms with Crippen LogP contribution in [0.5, 0.6) is 0 Å². The Morgan fingerprint density at radius 1 is 0.375 bits per heavy atom. The topological polar surface area (TPSA) is 95.2 Å². The van der Waals surface area contributed by atoms with Crippen molar-refractivity contribution in [3.63, 3.8) is 0 Å². The first-order valence-corrected chi connectivity index (χ1v) is 1.03. The van der Waals surface area contributed by atoms with Gasteiger partial charge in [0.05, 0.1) is 0 Å². The molecular weight excluding hydrogens is 104 g/mol. The average Bonchev–Trinajstić information content (AvgIpc) is 2.03. The predicted octanol–water partition coefficient (Wildman–Crippen LogP) is 0.559. The molecule has 0 aromatic heterocycles. The summed E-state index contributed by atoms with van der Waals surface area (Å²) in [7, 11) is 0. The standard InChI is InChI=1S/4CHN/c4*1-2/h4*1H. The largest absolute Gasteiger partial charge is 0.202 e. The average molecular weight is 108 g/mol. The first-order chi connectivity index (χ1) is 4.00. The lowest BCUT2D eigenvalue weighted by atomic mass is 11.9. The second-order valence-corrected chi connectivity index (χ2v) is 0. The van der Waals surface area contributed by atoms with E-state index in [0.29, 0.717) is 0 Å². The minimum Gasteiger partial charge on any atom is -0.202 e. The fourth-order valence-electron chi connectivity index (χ4n) is 0. The summed E-state index contributed by atoms with van der Waals surface area (Å²) in [6.45, 7) is 14.0. The van der Waals surface area contributed by atoms with Gasteiger partial charge in [-0.3, -0.25) is 0 Å². The lowest BCUT2D eigenvalue weighted by molar-refractivity contribution is 1.58. The van der Waals surface area contributed by atoms with Crippen LogP contribution in [0.25, 0.3) is 0 Å². The molecule has 0 atom stereocenters. The minimum absolute atomic E-state index is 3.50. The Kier molecular flexibility index (Phi) is 89.2. The van der Waals surface area contributed by atoms with E-state index in [2.05, 4.69) is 26.3 Å². The van der Waals surface area contributed by atoms with E-state index < -0.39 is 0 Å². The zero-order chi connectivity index (χ0) is 8.00. The Balaban J connectivity index is -0.0000000133. The molecule has 0 aliphatic heterocycles. The predicted molar refractivity (Wildman–Crippen MR) is 26.7 cm³/mol. The summed E-state index contributed by atoms with van der Waals surface area (Å²) in [6.07, 6.45) is 0. The highest BCUT2D eigenvalue weighted by molar-refractivity contribution is 4.04. The maximum Gasteiger partial charge on any atom is 0.0462 e. The van der Waals surface area contributed by atoms with Crippen molar-refractivity contribution in [2.24, 2.45) is 0 Å². The molecule has 0 unspecified atom stereocenters. The van der Waals surface area contributed by atoms with Gasteiger partial charge in [0.25, 0.3) is 0 Å². The fourth-order valence-corrected chi connectivity index (χ4v) is 0. The molecule has 0 spiro atoms. The monoisotopic (exact) mass is 108 g/mol. The highest BCUT2D eigenvalue weighted by Crippen LogP contribution is 0.592. The fraction of sp³-hybridized carbons (Fsp3) is 0. The van der Waals surface area contributed by atoms with Gasteiger partial charge in [0, 0.05) is 26.3 Å². The third-order valence-corrected chi connectivity index (χ3v) is 0. The van der Waals surface area contributed by atoms with E-state index in [9.17, 15) is 0 Å². The van der Waals surface area contributed by atoms with Crippen LogP contribution in [0, 0.1) is 47.3 Å². The van der Waals surface area contributed by atoms with Crippen LogP contribution >= 0.6 is 0 Å². The molecule has 4 nitrogen and oxygen atoms in total. The van der Waals surface area contributed by atoms with Crippen molar-refractivity contribution in [3.05, 3.63) is 0 Å². The molecule has 8 heavy (non-hydrogen) atoms. The quantitative estimate of drug-likeness (QED) is 0.452. The van der Waals surface area contributed by atoms with Gasteiger partial charge in [0.2, 0.25) is 0 Å². The van der Waals surface area contributed by atoms with Crippen molar-refractivity contribution in [3.8, 4) is 26.3 Å². The Bertz CT molecular complexity index is 51.0. The summed E-state index contributed by atoms with van der Waals surface area (Å²) in [5.74, 6) is 0. The summed E-state index contributed by atoms with van der Waals surface area (Å²) in [5.41, 5.74) is 0. The van der Waals surface area contributed by atoms with E-state index in [1.54, 1.807) is 0 Å². The van der Waals surface area contributed by atoms with Gasteiger partial charge >= 0.3 is 0 Å². The molecule has 0 bridgehead atoms. The molecule has 0 aliphatic rings. The molecule has 0 radical (unpaired) electrons. The third-order valence-electron chi connectivity index (χ3n) is 0. The summed E-state index contributed by atoms with van der Waals surface area (Å²) < 4.78 is 0. The molecule has 0 fully saturated rings. The molecule has 4 heteroatoms. The molecule has 0 rings (SSSR count). The molecule has 0 saturated heterocycles. The minimum atomic E-state index is 3.50. The molecule has 0 aromatic rings. The summed E-state index contributed by atoms with van der Waals surface area (Å²) >= 11 is 0. The van der Waals surface area contributed by atoms with E-state index in [1.807, 2.05) is 0 Å². The molecular formula is C4H4N4. The molecule has 0 aliphatic carbocycles.